The van der Waals surface area contributed by atoms with E-state index in [9.17, 15) is 9.18 Å². The van der Waals surface area contributed by atoms with E-state index in [0.717, 1.165) is 5.69 Å². The molecular weight excluding hydrogens is 311 g/mol. The third-order valence-electron chi connectivity index (χ3n) is 3.73. The van der Waals surface area contributed by atoms with Gasteiger partial charge in [-0.3, -0.25) is 4.79 Å². The zero-order valence-electron chi connectivity index (χ0n) is 13.1. The van der Waals surface area contributed by atoms with Crippen molar-refractivity contribution in [1.29, 1.82) is 0 Å². The molecule has 0 atom stereocenters. The molecule has 0 aliphatic heterocycles. The van der Waals surface area contributed by atoms with Crippen LogP contribution in [0.25, 0.3) is 11.0 Å². The van der Waals surface area contributed by atoms with Crippen LogP contribution in [0.5, 0.6) is 0 Å². The molecular formula is C17H17FN4O2. The summed E-state index contributed by atoms with van der Waals surface area (Å²) >= 11 is 0. The van der Waals surface area contributed by atoms with E-state index in [-0.39, 0.29) is 12.2 Å². The quantitative estimate of drug-likeness (QED) is 0.672. The molecule has 0 spiro atoms. The molecule has 1 aromatic heterocycles. The number of nitrogens with one attached hydrogen (secondary N) is 2. The molecule has 3 rings (SSSR count). The summed E-state index contributed by atoms with van der Waals surface area (Å²) in [6, 6.07) is 9.64. The molecule has 0 bridgehead atoms. The number of aromatic nitrogens is 2. The first-order valence-electron chi connectivity index (χ1n) is 7.44. The lowest BCUT2D eigenvalue weighted by Crippen LogP contribution is -2.21. The van der Waals surface area contributed by atoms with Gasteiger partial charge in [0.1, 0.15) is 11.3 Å². The van der Waals surface area contributed by atoms with Gasteiger partial charge in [-0.25, -0.2) is 9.37 Å². The molecule has 7 heteroatoms. The lowest BCUT2D eigenvalue weighted by molar-refractivity contribution is 0.102. The van der Waals surface area contributed by atoms with Gasteiger partial charge in [-0.05, 0) is 36.4 Å². The fraction of sp³-hybridized carbons (Fsp3) is 0.176. The molecule has 3 N–H and O–H groups in total. The SMILES string of the molecule is CN(CCO)c1ccc(NC(=O)c2cc(F)cc3[nH]cnc23)cc1. The van der Waals surface area contributed by atoms with Crippen molar-refractivity contribution < 1.29 is 14.3 Å². The van der Waals surface area contributed by atoms with Gasteiger partial charge in [0, 0.05) is 25.0 Å². The number of hydrogen-bond donors (Lipinski definition) is 3. The van der Waals surface area contributed by atoms with E-state index in [1.54, 1.807) is 12.1 Å². The zero-order valence-corrected chi connectivity index (χ0v) is 13.1. The summed E-state index contributed by atoms with van der Waals surface area (Å²) < 4.78 is 13.6. The summed E-state index contributed by atoms with van der Waals surface area (Å²) in [6.45, 7) is 0.584. The first kappa shape index (κ1) is 15.9. The molecule has 1 amide bonds. The number of H-pyrrole nitrogens is 1. The van der Waals surface area contributed by atoms with Gasteiger partial charge in [0.2, 0.25) is 0 Å². The van der Waals surface area contributed by atoms with Gasteiger partial charge in [0.25, 0.3) is 5.91 Å². The van der Waals surface area contributed by atoms with Crippen molar-refractivity contribution in [3.63, 3.8) is 0 Å². The summed E-state index contributed by atoms with van der Waals surface area (Å²) in [4.78, 5) is 21.2. The van der Waals surface area contributed by atoms with Crippen LogP contribution in [0, 0.1) is 5.82 Å². The Balaban J connectivity index is 1.80. The van der Waals surface area contributed by atoms with Gasteiger partial charge in [0.05, 0.1) is 24.0 Å². The van der Waals surface area contributed by atoms with Crippen molar-refractivity contribution >= 4 is 28.3 Å². The van der Waals surface area contributed by atoms with Gasteiger partial charge < -0.3 is 20.3 Å². The molecule has 0 saturated carbocycles. The molecule has 2 aromatic carbocycles. The van der Waals surface area contributed by atoms with Crippen LogP contribution < -0.4 is 10.2 Å². The van der Waals surface area contributed by atoms with Gasteiger partial charge in [-0.2, -0.15) is 0 Å². The highest BCUT2D eigenvalue weighted by Gasteiger charge is 2.14. The number of imidazole rings is 1. The van der Waals surface area contributed by atoms with E-state index in [1.807, 2.05) is 24.1 Å². The van der Waals surface area contributed by atoms with Crippen molar-refractivity contribution in [2.45, 2.75) is 0 Å². The van der Waals surface area contributed by atoms with Gasteiger partial charge in [0.15, 0.2) is 0 Å². The molecule has 0 unspecified atom stereocenters. The van der Waals surface area contributed by atoms with E-state index < -0.39 is 11.7 Å². The highest BCUT2D eigenvalue weighted by atomic mass is 19.1. The number of hydrogen-bond acceptors (Lipinski definition) is 4. The van der Waals surface area contributed by atoms with E-state index in [4.69, 9.17) is 5.11 Å². The van der Waals surface area contributed by atoms with Crippen molar-refractivity contribution in [3.8, 4) is 0 Å². The second-order valence-electron chi connectivity index (χ2n) is 5.40. The lowest BCUT2D eigenvalue weighted by atomic mass is 10.1. The molecule has 3 aromatic rings. The number of halogens is 1. The van der Waals surface area contributed by atoms with Crippen molar-refractivity contribution in [3.05, 3.63) is 54.1 Å². The fourth-order valence-corrected chi connectivity index (χ4v) is 2.46. The summed E-state index contributed by atoms with van der Waals surface area (Å²) in [7, 11) is 1.87. The Kier molecular flexibility index (Phi) is 4.43. The predicted molar refractivity (Wildman–Crippen MR) is 90.8 cm³/mol. The van der Waals surface area contributed by atoms with Crippen LogP contribution in [0.3, 0.4) is 0 Å². The minimum absolute atomic E-state index is 0.0637. The predicted octanol–water partition coefficient (Wildman–Crippen LogP) is 2.38. The summed E-state index contributed by atoms with van der Waals surface area (Å²) in [5.41, 5.74) is 2.58. The van der Waals surface area contributed by atoms with Crippen molar-refractivity contribution in [2.75, 3.05) is 30.4 Å². The van der Waals surface area contributed by atoms with Crippen LogP contribution in [-0.4, -0.2) is 41.2 Å². The Labute approximate surface area is 137 Å². The van der Waals surface area contributed by atoms with Crippen LogP contribution in [0.4, 0.5) is 15.8 Å². The topological polar surface area (TPSA) is 81.2 Å². The summed E-state index contributed by atoms with van der Waals surface area (Å²) in [5.74, 6) is -0.930. The van der Waals surface area contributed by atoms with Gasteiger partial charge in [-0.1, -0.05) is 0 Å². The highest BCUT2D eigenvalue weighted by Crippen LogP contribution is 2.20. The highest BCUT2D eigenvalue weighted by molar-refractivity contribution is 6.11. The van der Waals surface area contributed by atoms with Crippen molar-refractivity contribution in [2.24, 2.45) is 0 Å². The molecule has 0 saturated heterocycles. The number of anilines is 2. The number of likely N-dealkylation sites (N-methyl/N-ethyl adjacent to an activating group) is 1. The van der Waals surface area contributed by atoms with E-state index in [1.165, 1.54) is 18.5 Å². The number of aromatic amines is 1. The maximum Gasteiger partial charge on any atom is 0.258 e. The standard InChI is InChI=1S/C17H17FN4O2/c1-22(6-7-23)13-4-2-12(3-5-13)21-17(24)14-8-11(18)9-15-16(14)20-10-19-15/h2-5,8-10,23H,6-7H2,1H3,(H,19,20)(H,21,24). The number of carbonyl (C=O) groups excluding carboxylic acids is 1. The van der Waals surface area contributed by atoms with Crippen LogP contribution in [0.2, 0.25) is 0 Å². The largest absolute Gasteiger partial charge is 0.395 e. The van der Waals surface area contributed by atoms with Crippen molar-refractivity contribution in [1.82, 2.24) is 9.97 Å². The first-order chi connectivity index (χ1) is 11.6. The van der Waals surface area contributed by atoms with E-state index in [2.05, 4.69) is 15.3 Å². The first-order valence-corrected chi connectivity index (χ1v) is 7.44. The molecule has 124 valence electrons. The zero-order chi connectivity index (χ0) is 17.1. The number of rotatable bonds is 5. The molecule has 0 aliphatic carbocycles. The number of nitrogens with zero attached hydrogens (tertiary/aromatic N) is 2. The Morgan fingerprint density at radius 2 is 2.08 bits per heavy atom. The molecule has 0 fully saturated rings. The summed E-state index contributed by atoms with van der Waals surface area (Å²) in [6.07, 6.45) is 1.42. The normalized spacial score (nSPS) is 10.8. The maximum atomic E-state index is 13.6. The molecule has 0 aliphatic rings. The monoisotopic (exact) mass is 328 g/mol. The van der Waals surface area contributed by atoms with E-state index >= 15 is 0 Å². The second-order valence-corrected chi connectivity index (χ2v) is 5.40. The Hall–Kier alpha value is -2.93. The van der Waals surface area contributed by atoms with E-state index in [0.29, 0.717) is 23.3 Å². The molecule has 6 nitrogen and oxygen atoms in total. The minimum Gasteiger partial charge on any atom is -0.395 e. The number of benzene rings is 2. The average molecular weight is 328 g/mol. The maximum absolute atomic E-state index is 13.6. The van der Waals surface area contributed by atoms with Crippen LogP contribution in [-0.2, 0) is 0 Å². The smallest absolute Gasteiger partial charge is 0.258 e. The van der Waals surface area contributed by atoms with Crippen LogP contribution in [0.15, 0.2) is 42.7 Å². The van der Waals surface area contributed by atoms with Gasteiger partial charge >= 0.3 is 0 Å². The number of aliphatic hydroxyl groups is 1. The fourth-order valence-electron chi connectivity index (χ4n) is 2.46. The minimum atomic E-state index is -0.502. The van der Waals surface area contributed by atoms with Crippen LogP contribution in [0.1, 0.15) is 10.4 Å². The Bertz CT molecular complexity index is 861. The number of aliphatic hydroxyl groups excluding tert-OH is 1. The molecule has 0 radical (unpaired) electrons. The third-order valence-corrected chi connectivity index (χ3v) is 3.73. The van der Waals surface area contributed by atoms with Crippen LogP contribution >= 0.6 is 0 Å². The third kappa shape index (κ3) is 3.21. The Morgan fingerprint density at radius 1 is 1.33 bits per heavy atom. The Morgan fingerprint density at radius 3 is 2.79 bits per heavy atom. The molecule has 24 heavy (non-hydrogen) atoms. The number of carbonyl (C=O) groups is 1. The second kappa shape index (κ2) is 6.67. The van der Waals surface area contributed by atoms with Gasteiger partial charge in [-0.15, -0.1) is 0 Å². The number of fused-ring (bicyclic) bond motifs is 1. The lowest BCUT2D eigenvalue weighted by Gasteiger charge is -2.18. The average Bonchev–Trinajstić information content (AvgIpc) is 3.03. The summed E-state index contributed by atoms with van der Waals surface area (Å²) in [5, 5.41) is 11.7. The number of amides is 1. The molecule has 1 heterocycles.